The van der Waals surface area contributed by atoms with Crippen molar-refractivity contribution in [3.63, 3.8) is 0 Å². The third-order valence-electron chi connectivity index (χ3n) is 5.49. The topological polar surface area (TPSA) is 62.3 Å². The van der Waals surface area contributed by atoms with Gasteiger partial charge in [0.1, 0.15) is 11.6 Å². The van der Waals surface area contributed by atoms with Crippen molar-refractivity contribution in [3.05, 3.63) is 23.9 Å². The number of likely N-dealkylation sites (tertiary alicyclic amines) is 1. The second kappa shape index (κ2) is 8.65. The number of rotatable bonds is 6. The van der Waals surface area contributed by atoms with Crippen LogP contribution in [-0.2, 0) is 4.79 Å². The van der Waals surface area contributed by atoms with Crippen LogP contribution in [0.15, 0.2) is 18.3 Å². The fourth-order valence-corrected chi connectivity index (χ4v) is 4.06. The van der Waals surface area contributed by atoms with Crippen molar-refractivity contribution in [2.45, 2.75) is 64.8 Å². The number of piperidine rings is 1. The van der Waals surface area contributed by atoms with Gasteiger partial charge in [0.15, 0.2) is 0 Å². The highest BCUT2D eigenvalue weighted by Crippen LogP contribution is 2.23. The zero-order valence-electron chi connectivity index (χ0n) is 16.0. The molecule has 142 valence electrons. The van der Waals surface area contributed by atoms with Crippen LogP contribution in [-0.4, -0.2) is 40.7 Å². The molecule has 26 heavy (non-hydrogen) atoms. The molecular weight excluding hydrogens is 326 g/mol. The third-order valence-corrected chi connectivity index (χ3v) is 5.49. The van der Waals surface area contributed by atoms with Gasteiger partial charge in [0, 0.05) is 37.7 Å². The molecule has 1 aromatic heterocycles. The molecule has 0 bridgehead atoms. The smallest absolute Gasteiger partial charge is 0.255 e. The molecule has 1 aliphatic carbocycles. The lowest BCUT2D eigenvalue weighted by atomic mass is 9.89. The summed E-state index contributed by atoms with van der Waals surface area (Å²) in [5.74, 6) is 1.50. The van der Waals surface area contributed by atoms with E-state index in [1.807, 2.05) is 17.0 Å². The van der Waals surface area contributed by atoms with E-state index in [1.54, 1.807) is 6.20 Å². The van der Waals surface area contributed by atoms with Gasteiger partial charge in [0.25, 0.3) is 5.91 Å². The molecule has 5 nitrogen and oxygen atoms in total. The Balaban J connectivity index is 1.58. The summed E-state index contributed by atoms with van der Waals surface area (Å²) in [7, 11) is 0. The van der Waals surface area contributed by atoms with Crippen LogP contribution in [0, 0.1) is 11.8 Å². The Kier molecular flexibility index (Phi) is 6.28. The molecule has 1 amide bonds. The van der Waals surface area contributed by atoms with Gasteiger partial charge in [0.2, 0.25) is 0 Å². The zero-order chi connectivity index (χ0) is 18.5. The lowest BCUT2D eigenvalue weighted by molar-refractivity contribution is -0.124. The van der Waals surface area contributed by atoms with Gasteiger partial charge in [-0.05, 0) is 43.7 Å². The number of aromatic nitrogens is 1. The van der Waals surface area contributed by atoms with Crippen LogP contribution in [0.5, 0.6) is 0 Å². The first-order chi connectivity index (χ1) is 12.5. The highest BCUT2D eigenvalue weighted by molar-refractivity contribution is 5.94. The third kappa shape index (κ3) is 4.83. The maximum absolute atomic E-state index is 12.8. The van der Waals surface area contributed by atoms with Crippen LogP contribution in [0.25, 0.3) is 0 Å². The Hall–Kier alpha value is -1.91. The summed E-state index contributed by atoms with van der Waals surface area (Å²) in [6.45, 7) is 5.41. The number of ketones is 1. The molecule has 0 aromatic carbocycles. The predicted octanol–water partition coefficient (Wildman–Crippen LogP) is 3.90. The number of carbonyl (C=O) groups is 2. The highest BCUT2D eigenvalue weighted by atomic mass is 16.2. The number of nitrogens with one attached hydrogen (secondary N) is 1. The maximum atomic E-state index is 12.8. The van der Waals surface area contributed by atoms with Gasteiger partial charge in [-0.1, -0.05) is 26.7 Å². The molecule has 2 aliphatic rings. The van der Waals surface area contributed by atoms with Crippen LogP contribution in [0.1, 0.15) is 69.2 Å². The Morgan fingerprint density at radius 2 is 1.96 bits per heavy atom. The molecule has 3 rings (SSSR count). The van der Waals surface area contributed by atoms with Crippen molar-refractivity contribution in [1.82, 2.24) is 9.88 Å². The van der Waals surface area contributed by atoms with Gasteiger partial charge in [-0.3, -0.25) is 9.59 Å². The van der Waals surface area contributed by atoms with Crippen molar-refractivity contribution in [1.29, 1.82) is 0 Å². The number of pyridine rings is 1. The zero-order valence-corrected chi connectivity index (χ0v) is 16.0. The molecule has 0 radical (unpaired) electrons. The largest absolute Gasteiger partial charge is 0.367 e. The summed E-state index contributed by atoms with van der Waals surface area (Å²) in [4.78, 5) is 31.4. The standard InChI is InChI=1S/C21H31N3O2/c1-15(2)12-19(25)17-6-5-11-24(14-17)21(26)16-9-10-20(22-13-16)23-18-7-3-4-8-18/h9-10,13,15,17-18H,3-8,11-12,14H2,1-2H3,(H,22,23)/t17-/m1/s1. The molecule has 1 atom stereocenters. The molecule has 1 saturated heterocycles. The summed E-state index contributed by atoms with van der Waals surface area (Å²) >= 11 is 0. The van der Waals surface area contributed by atoms with Gasteiger partial charge < -0.3 is 10.2 Å². The minimum Gasteiger partial charge on any atom is -0.367 e. The molecule has 1 N–H and O–H groups in total. The summed E-state index contributed by atoms with van der Waals surface area (Å²) < 4.78 is 0. The molecule has 0 unspecified atom stereocenters. The number of hydrogen-bond donors (Lipinski definition) is 1. The average Bonchev–Trinajstić information content (AvgIpc) is 3.14. The molecule has 0 spiro atoms. The van der Waals surface area contributed by atoms with E-state index in [4.69, 9.17) is 0 Å². The van der Waals surface area contributed by atoms with Crippen molar-refractivity contribution in [2.24, 2.45) is 11.8 Å². The van der Waals surface area contributed by atoms with Crippen LogP contribution in [0.3, 0.4) is 0 Å². The van der Waals surface area contributed by atoms with Crippen LogP contribution < -0.4 is 5.32 Å². The first kappa shape index (κ1) is 18.9. The monoisotopic (exact) mass is 357 g/mol. The Labute approximate surface area is 156 Å². The van der Waals surface area contributed by atoms with Gasteiger partial charge >= 0.3 is 0 Å². The van der Waals surface area contributed by atoms with Crippen LogP contribution in [0.2, 0.25) is 0 Å². The van der Waals surface area contributed by atoms with Gasteiger partial charge in [-0.15, -0.1) is 0 Å². The number of carbonyl (C=O) groups excluding carboxylic acids is 2. The van der Waals surface area contributed by atoms with E-state index in [1.165, 1.54) is 25.7 Å². The second-order valence-corrected chi connectivity index (χ2v) is 8.21. The predicted molar refractivity (Wildman–Crippen MR) is 103 cm³/mol. The fourth-order valence-electron chi connectivity index (χ4n) is 4.06. The van der Waals surface area contributed by atoms with E-state index in [0.717, 1.165) is 25.2 Å². The van der Waals surface area contributed by atoms with E-state index >= 15 is 0 Å². The van der Waals surface area contributed by atoms with Crippen molar-refractivity contribution >= 4 is 17.5 Å². The van der Waals surface area contributed by atoms with Crippen molar-refractivity contribution < 1.29 is 9.59 Å². The van der Waals surface area contributed by atoms with E-state index in [9.17, 15) is 9.59 Å². The van der Waals surface area contributed by atoms with E-state index in [2.05, 4.69) is 24.1 Å². The number of amides is 1. The lowest BCUT2D eigenvalue weighted by Gasteiger charge is -2.32. The van der Waals surface area contributed by atoms with Gasteiger partial charge in [0.05, 0.1) is 5.56 Å². The number of anilines is 1. The number of Topliss-reactive ketones (excluding diaryl/α,β-unsaturated/α-hetero) is 1. The van der Waals surface area contributed by atoms with Crippen LogP contribution in [0.4, 0.5) is 5.82 Å². The minimum atomic E-state index is -0.00799. The minimum absolute atomic E-state index is 0.00744. The fraction of sp³-hybridized carbons (Fsp3) is 0.667. The van der Waals surface area contributed by atoms with Crippen LogP contribution >= 0.6 is 0 Å². The first-order valence-corrected chi connectivity index (χ1v) is 10.1. The number of hydrogen-bond acceptors (Lipinski definition) is 4. The summed E-state index contributed by atoms with van der Waals surface area (Å²) in [5.41, 5.74) is 0.610. The van der Waals surface area contributed by atoms with E-state index < -0.39 is 0 Å². The molecule has 2 heterocycles. The molecule has 1 aliphatic heterocycles. The highest BCUT2D eigenvalue weighted by Gasteiger charge is 2.29. The average molecular weight is 357 g/mol. The number of nitrogens with zero attached hydrogens (tertiary/aromatic N) is 2. The van der Waals surface area contributed by atoms with Gasteiger partial charge in [-0.2, -0.15) is 0 Å². The van der Waals surface area contributed by atoms with E-state index in [-0.39, 0.29) is 11.8 Å². The van der Waals surface area contributed by atoms with E-state index in [0.29, 0.717) is 36.3 Å². The summed E-state index contributed by atoms with van der Waals surface area (Å²) in [6, 6.07) is 4.27. The first-order valence-electron chi connectivity index (χ1n) is 10.1. The lowest BCUT2D eigenvalue weighted by Crippen LogP contribution is -2.42. The Morgan fingerprint density at radius 1 is 1.19 bits per heavy atom. The molecule has 1 aromatic rings. The SMILES string of the molecule is CC(C)CC(=O)[C@@H]1CCCN(C(=O)c2ccc(NC3CCCC3)nc2)C1. The summed E-state index contributed by atoms with van der Waals surface area (Å²) in [5, 5.41) is 3.45. The Bertz CT molecular complexity index is 621. The van der Waals surface area contributed by atoms with Crippen molar-refractivity contribution in [3.8, 4) is 0 Å². The maximum Gasteiger partial charge on any atom is 0.255 e. The van der Waals surface area contributed by atoms with Crippen molar-refractivity contribution in [2.75, 3.05) is 18.4 Å². The molecule has 1 saturated carbocycles. The Morgan fingerprint density at radius 3 is 2.62 bits per heavy atom. The normalized spacial score (nSPS) is 21.2. The van der Waals surface area contributed by atoms with Gasteiger partial charge in [-0.25, -0.2) is 4.98 Å². The molecular formula is C21H31N3O2. The second-order valence-electron chi connectivity index (χ2n) is 8.21. The molecule has 2 fully saturated rings. The molecule has 5 heteroatoms. The summed E-state index contributed by atoms with van der Waals surface area (Å²) in [6.07, 6.45) is 9.02. The quantitative estimate of drug-likeness (QED) is 0.839.